The van der Waals surface area contributed by atoms with Crippen molar-refractivity contribution in [3.05, 3.63) is 40.2 Å². The van der Waals surface area contributed by atoms with Gasteiger partial charge >= 0.3 is 0 Å². The molecule has 15 heavy (non-hydrogen) atoms. The Morgan fingerprint density at radius 1 is 1.53 bits per heavy atom. The van der Waals surface area contributed by atoms with Crippen LogP contribution in [-0.4, -0.2) is 13.1 Å². The van der Waals surface area contributed by atoms with E-state index < -0.39 is 0 Å². The highest BCUT2D eigenvalue weighted by Crippen LogP contribution is 2.22. The lowest BCUT2D eigenvalue weighted by Gasteiger charge is -2.11. The van der Waals surface area contributed by atoms with Crippen LogP contribution in [0.25, 0.3) is 6.08 Å². The van der Waals surface area contributed by atoms with Gasteiger partial charge in [0.05, 0.1) is 5.02 Å². The number of nitrogens with one attached hydrogen (secondary N) is 1. The molecule has 3 heteroatoms. The number of likely N-dealkylation sites (N-methyl/N-ethyl adjacent to an activating group) is 1. The van der Waals surface area contributed by atoms with Gasteiger partial charge in [0.15, 0.2) is 0 Å². The first kappa shape index (κ1) is 12.2. The van der Waals surface area contributed by atoms with Gasteiger partial charge in [-0.3, -0.25) is 0 Å². The van der Waals surface area contributed by atoms with E-state index in [1.807, 2.05) is 20.9 Å². The molecular formula is C12H15ClFN. The highest BCUT2D eigenvalue weighted by Gasteiger charge is 2.06. The van der Waals surface area contributed by atoms with Crippen molar-refractivity contribution in [1.82, 2.24) is 5.32 Å². The van der Waals surface area contributed by atoms with Gasteiger partial charge in [0.2, 0.25) is 0 Å². The third kappa shape index (κ3) is 3.05. The standard InChI is InChI=1S/C12H15ClFN/c1-8(9(2)15-3)7-10-11(13)5-4-6-12(10)14/h4-7,9,15H,1-3H3/b8-7+. The number of hydrogen-bond acceptors (Lipinski definition) is 1. The van der Waals surface area contributed by atoms with Crippen molar-refractivity contribution in [3.63, 3.8) is 0 Å². The second-order valence-corrected chi connectivity index (χ2v) is 3.94. The summed E-state index contributed by atoms with van der Waals surface area (Å²) in [5.41, 5.74) is 1.50. The van der Waals surface area contributed by atoms with Gasteiger partial charge in [0.1, 0.15) is 5.82 Å². The zero-order valence-corrected chi connectivity index (χ0v) is 9.90. The van der Waals surface area contributed by atoms with Gasteiger partial charge in [0, 0.05) is 11.6 Å². The molecule has 1 nitrogen and oxygen atoms in total. The lowest BCUT2D eigenvalue weighted by Crippen LogP contribution is -2.22. The molecule has 0 bridgehead atoms. The van der Waals surface area contributed by atoms with Crippen LogP contribution in [0, 0.1) is 5.82 Å². The van der Waals surface area contributed by atoms with Crippen LogP contribution < -0.4 is 5.32 Å². The van der Waals surface area contributed by atoms with Crippen molar-refractivity contribution in [1.29, 1.82) is 0 Å². The molecule has 0 amide bonds. The third-order valence-corrected chi connectivity index (χ3v) is 2.82. The van der Waals surface area contributed by atoms with E-state index in [-0.39, 0.29) is 11.9 Å². The Hall–Kier alpha value is -0.860. The van der Waals surface area contributed by atoms with Gasteiger partial charge in [-0.25, -0.2) is 4.39 Å². The van der Waals surface area contributed by atoms with Crippen LogP contribution in [0.5, 0.6) is 0 Å². The molecule has 1 unspecified atom stereocenters. The topological polar surface area (TPSA) is 12.0 Å². The number of hydrogen-bond donors (Lipinski definition) is 1. The van der Waals surface area contributed by atoms with Gasteiger partial charge in [-0.1, -0.05) is 29.3 Å². The zero-order chi connectivity index (χ0) is 11.4. The molecule has 0 aliphatic carbocycles. The molecule has 82 valence electrons. The third-order valence-electron chi connectivity index (χ3n) is 2.49. The Balaban J connectivity index is 3.07. The van der Waals surface area contributed by atoms with Gasteiger partial charge in [-0.15, -0.1) is 0 Å². The van der Waals surface area contributed by atoms with Crippen molar-refractivity contribution >= 4 is 17.7 Å². The number of halogens is 2. The Labute approximate surface area is 95.0 Å². The summed E-state index contributed by atoms with van der Waals surface area (Å²) in [6, 6.07) is 4.91. The van der Waals surface area contributed by atoms with Crippen LogP contribution in [-0.2, 0) is 0 Å². The molecule has 0 fully saturated rings. The maximum Gasteiger partial charge on any atom is 0.131 e. The maximum absolute atomic E-state index is 13.4. The molecule has 0 aliphatic heterocycles. The minimum Gasteiger partial charge on any atom is -0.314 e. The molecule has 0 aromatic heterocycles. The van der Waals surface area contributed by atoms with E-state index in [4.69, 9.17) is 11.6 Å². The lowest BCUT2D eigenvalue weighted by molar-refractivity contribution is 0.624. The molecule has 1 rings (SSSR count). The van der Waals surface area contributed by atoms with Crippen molar-refractivity contribution < 1.29 is 4.39 Å². The molecule has 0 aliphatic rings. The van der Waals surface area contributed by atoms with E-state index in [9.17, 15) is 4.39 Å². The molecule has 1 aromatic rings. The summed E-state index contributed by atoms with van der Waals surface area (Å²) in [6.45, 7) is 3.96. The Kier molecular flexibility index (Phi) is 4.30. The molecule has 0 radical (unpaired) electrons. The number of rotatable bonds is 3. The molecule has 0 heterocycles. The smallest absolute Gasteiger partial charge is 0.131 e. The van der Waals surface area contributed by atoms with E-state index in [0.717, 1.165) is 5.57 Å². The molecule has 0 saturated heterocycles. The molecule has 1 atom stereocenters. The van der Waals surface area contributed by atoms with Crippen LogP contribution in [0.3, 0.4) is 0 Å². The Morgan fingerprint density at radius 2 is 2.20 bits per heavy atom. The highest BCUT2D eigenvalue weighted by molar-refractivity contribution is 6.32. The second kappa shape index (κ2) is 5.29. The largest absolute Gasteiger partial charge is 0.314 e. The fourth-order valence-corrected chi connectivity index (χ4v) is 1.45. The van der Waals surface area contributed by atoms with Crippen LogP contribution in [0.2, 0.25) is 5.02 Å². The van der Waals surface area contributed by atoms with Crippen molar-refractivity contribution in [2.24, 2.45) is 0 Å². The normalized spacial score (nSPS) is 14.1. The van der Waals surface area contributed by atoms with Gasteiger partial charge < -0.3 is 5.32 Å². The summed E-state index contributed by atoms with van der Waals surface area (Å²) in [4.78, 5) is 0. The molecule has 0 spiro atoms. The van der Waals surface area contributed by atoms with E-state index >= 15 is 0 Å². The minimum absolute atomic E-state index is 0.209. The predicted molar refractivity (Wildman–Crippen MR) is 63.6 cm³/mol. The zero-order valence-electron chi connectivity index (χ0n) is 9.14. The van der Waals surface area contributed by atoms with Crippen LogP contribution in [0.4, 0.5) is 4.39 Å². The predicted octanol–water partition coefficient (Wildman–Crippen LogP) is 3.49. The SMILES string of the molecule is CNC(C)/C(C)=C/c1c(F)cccc1Cl. The quantitative estimate of drug-likeness (QED) is 0.834. The average Bonchev–Trinajstić information content (AvgIpc) is 2.22. The first-order valence-corrected chi connectivity index (χ1v) is 5.23. The van der Waals surface area contributed by atoms with Crippen molar-refractivity contribution in [2.45, 2.75) is 19.9 Å². The average molecular weight is 228 g/mol. The molecule has 1 aromatic carbocycles. The van der Waals surface area contributed by atoms with Crippen molar-refractivity contribution in [2.75, 3.05) is 7.05 Å². The summed E-state index contributed by atoms with van der Waals surface area (Å²) in [5.74, 6) is -0.287. The minimum atomic E-state index is -0.287. The Bertz CT molecular complexity index is 354. The van der Waals surface area contributed by atoms with Crippen molar-refractivity contribution in [3.8, 4) is 0 Å². The Morgan fingerprint density at radius 3 is 2.73 bits per heavy atom. The fourth-order valence-electron chi connectivity index (χ4n) is 1.23. The summed E-state index contributed by atoms with van der Waals surface area (Å²) in [5, 5.41) is 3.53. The molecule has 1 N–H and O–H groups in total. The summed E-state index contributed by atoms with van der Waals surface area (Å²) in [6.07, 6.45) is 1.78. The first-order valence-electron chi connectivity index (χ1n) is 4.85. The molecule has 0 saturated carbocycles. The van der Waals surface area contributed by atoms with Crippen LogP contribution >= 0.6 is 11.6 Å². The van der Waals surface area contributed by atoms with Gasteiger partial charge in [0.25, 0.3) is 0 Å². The number of benzene rings is 1. The van der Waals surface area contributed by atoms with E-state index in [0.29, 0.717) is 10.6 Å². The monoisotopic (exact) mass is 227 g/mol. The fraction of sp³-hybridized carbons (Fsp3) is 0.333. The summed E-state index contributed by atoms with van der Waals surface area (Å²) < 4.78 is 13.4. The van der Waals surface area contributed by atoms with Crippen LogP contribution in [0.1, 0.15) is 19.4 Å². The summed E-state index contributed by atoms with van der Waals surface area (Å²) in [7, 11) is 1.87. The maximum atomic E-state index is 13.4. The van der Waals surface area contributed by atoms with E-state index in [1.54, 1.807) is 18.2 Å². The first-order chi connectivity index (χ1) is 7.06. The summed E-state index contributed by atoms with van der Waals surface area (Å²) >= 11 is 5.92. The molecular weight excluding hydrogens is 213 g/mol. The lowest BCUT2D eigenvalue weighted by atomic mass is 10.1. The van der Waals surface area contributed by atoms with Gasteiger partial charge in [-0.05, 0) is 33.0 Å². The van der Waals surface area contributed by atoms with Gasteiger partial charge in [-0.2, -0.15) is 0 Å². The second-order valence-electron chi connectivity index (χ2n) is 3.53. The van der Waals surface area contributed by atoms with Crippen LogP contribution in [0.15, 0.2) is 23.8 Å². The van der Waals surface area contributed by atoms with E-state index in [1.165, 1.54) is 6.07 Å². The van der Waals surface area contributed by atoms with E-state index in [2.05, 4.69) is 5.32 Å². The highest BCUT2D eigenvalue weighted by atomic mass is 35.5.